The molecular weight excluding hydrogens is 322 g/mol. The van der Waals surface area contributed by atoms with Crippen molar-refractivity contribution < 1.29 is 9.47 Å². The highest BCUT2D eigenvalue weighted by atomic mass is 16.5. The van der Waals surface area contributed by atoms with E-state index in [4.69, 9.17) is 14.7 Å². The zero-order valence-electron chi connectivity index (χ0n) is 16.9. The molecule has 0 atom stereocenters. The molecule has 26 heavy (non-hydrogen) atoms. The van der Waals surface area contributed by atoms with Gasteiger partial charge < -0.3 is 9.47 Å². The molecule has 3 nitrogen and oxygen atoms in total. The summed E-state index contributed by atoms with van der Waals surface area (Å²) in [5.41, 5.74) is 0.620. The normalized spacial score (nSPS) is 10.5. The molecule has 0 aliphatic rings. The highest BCUT2D eigenvalue weighted by molar-refractivity contribution is 5.46. The Morgan fingerprint density at radius 2 is 1.19 bits per heavy atom. The van der Waals surface area contributed by atoms with Gasteiger partial charge in [-0.3, -0.25) is 0 Å². The van der Waals surface area contributed by atoms with Gasteiger partial charge in [0.1, 0.15) is 0 Å². The molecule has 0 heterocycles. The van der Waals surface area contributed by atoms with Gasteiger partial charge in [-0.15, -0.1) is 0 Å². The Balaban J connectivity index is 2.34. The molecule has 0 N–H and O–H groups in total. The number of benzene rings is 1. The Morgan fingerprint density at radius 3 is 1.73 bits per heavy atom. The number of nitriles is 1. The summed E-state index contributed by atoms with van der Waals surface area (Å²) < 4.78 is 11.8. The summed E-state index contributed by atoms with van der Waals surface area (Å²) in [6, 6.07) is 7.65. The molecule has 1 rings (SSSR count). The number of hydrogen-bond acceptors (Lipinski definition) is 3. The van der Waals surface area contributed by atoms with E-state index in [1.165, 1.54) is 64.2 Å². The summed E-state index contributed by atoms with van der Waals surface area (Å²) in [5, 5.41) is 9.12. The SMILES string of the molecule is CCCCCCCCOc1ccc(C#N)cc1OCCCCCCCC. The maximum atomic E-state index is 9.12. The largest absolute Gasteiger partial charge is 0.490 e. The van der Waals surface area contributed by atoms with Gasteiger partial charge in [0, 0.05) is 6.07 Å². The van der Waals surface area contributed by atoms with Gasteiger partial charge in [-0.2, -0.15) is 5.26 Å². The molecule has 1 aromatic rings. The van der Waals surface area contributed by atoms with Crippen LogP contribution < -0.4 is 9.47 Å². The van der Waals surface area contributed by atoms with E-state index in [1.807, 2.05) is 6.07 Å². The Morgan fingerprint density at radius 1 is 0.692 bits per heavy atom. The predicted molar refractivity (Wildman–Crippen MR) is 109 cm³/mol. The Hall–Kier alpha value is -1.69. The second-order valence-electron chi connectivity index (χ2n) is 7.01. The molecule has 0 aliphatic carbocycles. The lowest BCUT2D eigenvalue weighted by atomic mass is 10.1. The molecule has 0 aromatic heterocycles. The van der Waals surface area contributed by atoms with Crippen molar-refractivity contribution in [2.45, 2.75) is 90.9 Å². The Kier molecular flexibility index (Phi) is 13.4. The van der Waals surface area contributed by atoms with E-state index in [0.29, 0.717) is 24.5 Å². The molecule has 146 valence electrons. The fourth-order valence-corrected chi connectivity index (χ4v) is 2.94. The number of rotatable bonds is 16. The number of nitrogens with zero attached hydrogens (tertiary/aromatic N) is 1. The average molecular weight is 360 g/mol. The maximum absolute atomic E-state index is 9.12. The summed E-state index contributed by atoms with van der Waals surface area (Å²) in [6.07, 6.45) is 14.9. The summed E-state index contributed by atoms with van der Waals surface area (Å²) in [5.74, 6) is 1.48. The Labute approximate surface area is 160 Å². The predicted octanol–water partition coefficient (Wildman–Crippen LogP) is 7.04. The van der Waals surface area contributed by atoms with Crippen LogP contribution in [0.1, 0.15) is 96.5 Å². The second-order valence-corrected chi connectivity index (χ2v) is 7.01. The van der Waals surface area contributed by atoms with Crippen LogP contribution in [0, 0.1) is 11.3 Å². The zero-order chi connectivity index (χ0) is 18.9. The average Bonchev–Trinajstić information content (AvgIpc) is 2.67. The lowest BCUT2D eigenvalue weighted by molar-refractivity contribution is 0.258. The molecule has 0 saturated carbocycles. The highest BCUT2D eigenvalue weighted by Gasteiger charge is 2.07. The lowest BCUT2D eigenvalue weighted by Crippen LogP contribution is -2.03. The molecule has 0 fully saturated rings. The maximum Gasteiger partial charge on any atom is 0.162 e. The number of unbranched alkanes of at least 4 members (excludes halogenated alkanes) is 10. The third-order valence-electron chi connectivity index (χ3n) is 4.58. The van der Waals surface area contributed by atoms with Gasteiger partial charge in [-0.1, -0.05) is 78.1 Å². The molecule has 0 saturated heterocycles. The minimum atomic E-state index is 0.620. The summed E-state index contributed by atoms with van der Waals surface area (Å²) in [6.45, 7) is 5.87. The lowest BCUT2D eigenvalue weighted by Gasteiger charge is -2.13. The van der Waals surface area contributed by atoms with Gasteiger partial charge in [0.25, 0.3) is 0 Å². The monoisotopic (exact) mass is 359 g/mol. The summed E-state index contributed by atoms with van der Waals surface area (Å²) in [4.78, 5) is 0. The first-order chi connectivity index (χ1) is 12.8. The number of ether oxygens (including phenoxy) is 2. The van der Waals surface area contributed by atoms with Gasteiger partial charge in [-0.05, 0) is 25.0 Å². The van der Waals surface area contributed by atoms with E-state index in [2.05, 4.69) is 19.9 Å². The van der Waals surface area contributed by atoms with Crippen LogP contribution in [0.5, 0.6) is 11.5 Å². The minimum Gasteiger partial charge on any atom is -0.490 e. The Bertz CT molecular complexity index is 507. The molecule has 0 amide bonds. The van der Waals surface area contributed by atoms with Crippen molar-refractivity contribution in [3.63, 3.8) is 0 Å². The third kappa shape index (κ3) is 10.3. The van der Waals surface area contributed by atoms with Gasteiger partial charge in [0.05, 0.1) is 24.8 Å². The zero-order valence-corrected chi connectivity index (χ0v) is 16.9. The molecule has 0 spiro atoms. The van der Waals surface area contributed by atoms with Crippen molar-refractivity contribution in [3.05, 3.63) is 23.8 Å². The number of hydrogen-bond donors (Lipinski definition) is 0. The second kappa shape index (κ2) is 15.6. The van der Waals surface area contributed by atoms with Gasteiger partial charge in [0.15, 0.2) is 11.5 Å². The fourth-order valence-electron chi connectivity index (χ4n) is 2.94. The van der Waals surface area contributed by atoms with Crippen LogP contribution >= 0.6 is 0 Å². The van der Waals surface area contributed by atoms with Crippen molar-refractivity contribution in [2.24, 2.45) is 0 Å². The van der Waals surface area contributed by atoms with Crippen molar-refractivity contribution in [1.29, 1.82) is 5.26 Å². The van der Waals surface area contributed by atoms with Crippen LogP contribution in [0.4, 0.5) is 0 Å². The van der Waals surface area contributed by atoms with Crippen LogP contribution in [0.3, 0.4) is 0 Å². The highest BCUT2D eigenvalue weighted by Crippen LogP contribution is 2.29. The molecule has 0 bridgehead atoms. The van der Waals surface area contributed by atoms with Crippen molar-refractivity contribution in [3.8, 4) is 17.6 Å². The topological polar surface area (TPSA) is 42.2 Å². The van der Waals surface area contributed by atoms with Gasteiger partial charge in [0.2, 0.25) is 0 Å². The van der Waals surface area contributed by atoms with E-state index in [1.54, 1.807) is 12.1 Å². The van der Waals surface area contributed by atoms with Crippen LogP contribution in [-0.4, -0.2) is 13.2 Å². The first kappa shape index (κ1) is 22.4. The van der Waals surface area contributed by atoms with Gasteiger partial charge in [-0.25, -0.2) is 0 Å². The quantitative estimate of drug-likeness (QED) is 0.297. The molecule has 0 radical (unpaired) electrons. The summed E-state index contributed by atoms with van der Waals surface area (Å²) in [7, 11) is 0. The van der Waals surface area contributed by atoms with E-state index < -0.39 is 0 Å². The molecule has 0 unspecified atom stereocenters. The third-order valence-corrected chi connectivity index (χ3v) is 4.58. The first-order valence-corrected chi connectivity index (χ1v) is 10.6. The van der Waals surface area contributed by atoms with Crippen molar-refractivity contribution in [2.75, 3.05) is 13.2 Å². The summed E-state index contributed by atoms with van der Waals surface area (Å²) >= 11 is 0. The van der Waals surface area contributed by atoms with E-state index >= 15 is 0 Å². The van der Waals surface area contributed by atoms with Gasteiger partial charge >= 0.3 is 0 Å². The van der Waals surface area contributed by atoms with Crippen molar-refractivity contribution in [1.82, 2.24) is 0 Å². The van der Waals surface area contributed by atoms with E-state index in [9.17, 15) is 0 Å². The molecule has 1 aromatic carbocycles. The standard InChI is InChI=1S/C23H37NO2/c1-3-5-7-9-11-13-17-25-22-16-15-21(20-24)19-23(22)26-18-14-12-10-8-6-4-2/h15-16,19H,3-14,17-18H2,1-2H3. The van der Waals surface area contributed by atoms with Crippen LogP contribution in [0.25, 0.3) is 0 Å². The molecular formula is C23H37NO2. The van der Waals surface area contributed by atoms with Crippen LogP contribution in [-0.2, 0) is 0 Å². The first-order valence-electron chi connectivity index (χ1n) is 10.6. The van der Waals surface area contributed by atoms with Crippen molar-refractivity contribution >= 4 is 0 Å². The van der Waals surface area contributed by atoms with E-state index in [0.717, 1.165) is 18.6 Å². The van der Waals surface area contributed by atoms with E-state index in [-0.39, 0.29) is 0 Å². The smallest absolute Gasteiger partial charge is 0.162 e. The minimum absolute atomic E-state index is 0.620. The molecule has 0 aliphatic heterocycles. The molecule has 3 heteroatoms. The fraction of sp³-hybridized carbons (Fsp3) is 0.696. The van der Waals surface area contributed by atoms with Crippen LogP contribution in [0.2, 0.25) is 0 Å². The van der Waals surface area contributed by atoms with Crippen LogP contribution in [0.15, 0.2) is 18.2 Å².